The molecule has 1 aliphatic heterocycles. The van der Waals surface area contributed by atoms with Crippen molar-refractivity contribution in [2.24, 2.45) is 7.05 Å². The number of rotatable bonds is 8. The van der Waals surface area contributed by atoms with Gasteiger partial charge in [0.2, 0.25) is 0 Å². The van der Waals surface area contributed by atoms with E-state index in [-0.39, 0.29) is 28.1 Å². The highest BCUT2D eigenvalue weighted by Crippen LogP contribution is 2.40. The fourth-order valence-electron chi connectivity index (χ4n) is 4.34. The van der Waals surface area contributed by atoms with Crippen LogP contribution >= 0.6 is 0 Å². The number of aromatic nitrogens is 2. The lowest BCUT2D eigenvalue weighted by Gasteiger charge is -2.22. The number of carbonyl (C=O) groups is 2. The quantitative estimate of drug-likeness (QED) is 0.502. The third-order valence-electron chi connectivity index (χ3n) is 6.06. The zero-order chi connectivity index (χ0) is 25.3. The predicted octanol–water partition coefficient (Wildman–Crippen LogP) is 2.71. The van der Waals surface area contributed by atoms with Crippen LogP contribution in [-0.4, -0.2) is 47.8 Å². The Bertz CT molecular complexity index is 1370. The topological polar surface area (TPSA) is 96.9 Å². The summed E-state index contributed by atoms with van der Waals surface area (Å²) in [5.74, 6) is -0.292. The maximum absolute atomic E-state index is 13.9. The van der Waals surface area contributed by atoms with E-state index in [2.05, 4.69) is 5.10 Å². The Morgan fingerprint density at radius 1 is 0.971 bits per heavy atom. The zero-order valence-corrected chi connectivity index (χ0v) is 20.4. The standard InChI is InChI=1S/C26H28N4O5/c1-6-18-21(24(31)29(3)27-18)22-23(28(2)15-16-10-8-7-9-11-16)26(33)30(25(22)32)19-13-12-17(34-4)14-20(19)35-5/h7-14,27H,6,15H2,1-5H3. The van der Waals surface area contributed by atoms with Crippen LogP contribution in [0.5, 0.6) is 11.5 Å². The molecule has 2 amide bonds. The maximum atomic E-state index is 13.9. The minimum absolute atomic E-state index is 0.0741. The van der Waals surface area contributed by atoms with Gasteiger partial charge in [0, 0.05) is 32.4 Å². The second kappa shape index (κ2) is 9.54. The molecule has 2 aromatic carbocycles. The monoisotopic (exact) mass is 476 g/mol. The fraction of sp³-hybridized carbons (Fsp3) is 0.269. The normalized spacial score (nSPS) is 13.6. The molecule has 0 saturated heterocycles. The number of nitrogens with zero attached hydrogens (tertiary/aromatic N) is 3. The summed E-state index contributed by atoms with van der Waals surface area (Å²) < 4.78 is 12.1. The first-order valence-electron chi connectivity index (χ1n) is 11.2. The van der Waals surface area contributed by atoms with Crippen LogP contribution in [0.1, 0.15) is 23.7 Å². The Kier molecular flexibility index (Phi) is 6.50. The first-order valence-corrected chi connectivity index (χ1v) is 11.2. The molecule has 0 aliphatic carbocycles. The number of anilines is 1. The molecular weight excluding hydrogens is 448 g/mol. The van der Waals surface area contributed by atoms with E-state index < -0.39 is 11.8 Å². The zero-order valence-electron chi connectivity index (χ0n) is 20.4. The van der Waals surface area contributed by atoms with Crippen LogP contribution in [-0.2, 0) is 29.6 Å². The highest BCUT2D eigenvalue weighted by molar-refractivity contribution is 6.45. The highest BCUT2D eigenvalue weighted by Gasteiger charge is 2.44. The molecule has 9 heteroatoms. The average molecular weight is 477 g/mol. The van der Waals surface area contributed by atoms with Gasteiger partial charge < -0.3 is 14.4 Å². The SMILES string of the molecule is CCc1[nH]n(C)c(=O)c1C1=C(N(C)Cc2ccccc2)C(=O)N(c2ccc(OC)cc2OC)C1=O. The molecule has 1 N–H and O–H groups in total. The van der Waals surface area contributed by atoms with Crippen LogP contribution < -0.4 is 19.9 Å². The first kappa shape index (κ1) is 23.9. The summed E-state index contributed by atoms with van der Waals surface area (Å²) in [7, 11) is 6.30. The van der Waals surface area contributed by atoms with Gasteiger partial charge in [-0.05, 0) is 24.1 Å². The van der Waals surface area contributed by atoms with Crippen molar-refractivity contribution in [2.75, 3.05) is 26.2 Å². The van der Waals surface area contributed by atoms with Crippen molar-refractivity contribution in [3.8, 4) is 11.5 Å². The molecule has 0 unspecified atom stereocenters. The summed E-state index contributed by atoms with van der Waals surface area (Å²) in [6.07, 6.45) is 0.484. The van der Waals surface area contributed by atoms with Crippen LogP contribution in [0, 0.1) is 0 Å². The molecule has 1 aromatic heterocycles. The number of ether oxygens (including phenoxy) is 2. The maximum Gasteiger partial charge on any atom is 0.282 e. The molecule has 0 atom stereocenters. The lowest BCUT2D eigenvalue weighted by Crippen LogP contribution is -2.34. The van der Waals surface area contributed by atoms with Gasteiger partial charge in [-0.1, -0.05) is 37.3 Å². The average Bonchev–Trinajstić information content (AvgIpc) is 3.29. The molecular formula is C26H28N4O5. The molecule has 0 bridgehead atoms. The van der Waals surface area contributed by atoms with Crippen molar-refractivity contribution < 1.29 is 19.1 Å². The smallest absolute Gasteiger partial charge is 0.282 e. The van der Waals surface area contributed by atoms with Gasteiger partial charge in [-0.3, -0.25) is 24.2 Å². The number of hydrogen-bond donors (Lipinski definition) is 1. The van der Waals surface area contributed by atoms with Gasteiger partial charge in [0.05, 0.1) is 31.0 Å². The van der Waals surface area contributed by atoms with Crippen molar-refractivity contribution >= 4 is 23.1 Å². The Labute approximate surface area is 203 Å². The molecule has 0 radical (unpaired) electrons. The number of likely N-dealkylation sites (N-methyl/N-ethyl adjacent to an activating group) is 1. The lowest BCUT2D eigenvalue weighted by atomic mass is 10.0. The van der Waals surface area contributed by atoms with E-state index >= 15 is 0 Å². The van der Waals surface area contributed by atoms with Crippen LogP contribution in [0.15, 0.2) is 59.0 Å². The van der Waals surface area contributed by atoms with Crippen LogP contribution in [0.3, 0.4) is 0 Å². The van der Waals surface area contributed by atoms with Gasteiger partial charge in [0.1, 0.15) is 17.2 Å². The van der Waals surface area contributed by atoms with Gasteiger partial charge in [0.15, 0.2) is 0 Å². The number of imide groups is 1. The van der Waals surface area contributed by atoms with Gasteiger partial charge in [-0.2, -0.15) is 0 Å². The Hall–Kier alpha value is -4.27. The van der Waals surface area contributed by atoms with E-state index in [0.717, 1.165) is 10.5 Å². The second-order valence-electron chi connectivity index (χ2n) is 8.23. The van der Waals surface area contributed by atoms with Crippen molar-refractivity contribution in [3.05, 3.63) is 81.4 Å². The number of benzene rings is 2. The molecule has 4 rings (SSSR count). The largest absolute Gasteiger partial charge is 0.497 e. The lowest BCUT2D eigenvalue weighted by molar-refractivity contribution is -0.120. The molecule has 0 fully saturated rings. The Balaban J connectivity index is 1.90. The summed E-state index contributed by atoms with van der Waals surface area (Å²) in [6, 6.07) is 14.5. The minimum atomic E-state index is -0.584. The van der Waals surface area contributed by atoms with Gasteiger partial charge in [-0.25, -0.2) is 4.90 Å². The van der Waals surface area contributed by atoms with E-state index in [4.69, 9.17) is 9.47 Å². The molecule has 0 spiro atoms. The van der Waals surface area contributed by atoms with Gasteiger partial charge in [0.25, 0.3) is 17.4 Å². The number of nitrogens with one attached hydrogen (secondary N) is 1. The second-order valence-corrected chi connectivity index (χ2v) is 8.23. The van der Waals surface area contributed by atoms with E-state index in [1.165, 1.54) is 18.9 Å². The molecule has 3 aromatic rings. The molecule has 182 valence electrons. The Morgan fingerprint density at radius 3 is 2.31 bits per heavy atom. The summed E-state index contributed by atoms with van der Waals surface area (Å²) in [5.41, 5.74) is 1.89. The summed E-state index contributed by atoms with van der Waals surface area (Å²) in [6.45, 7) is 2.26. The number of aromatic amines is 1. The third kappa shape index (κ3) is 4.09. The van der Waals surface area contributed by atoms with Crippen LogP contribution in [0.2, 0.25) is 0 Å². The van der Waals surface area contributed by atoms with Gasteiger partial charge in [-0.15, -0.1) is 0 Å². The van der Waals surface area contributed by atoms with Crippen molar-refractivity contribution in [1.82, 2.24) is 14.7 Å². The third-order valence-corrected chi connectivity index (χ3v) is 6.06. The number of amides is 2. The Morgan fingerprint density at radius 2 is 1.69 bits per heavy atom. The summed E-state index contributed by atoms with van der Waals surface area (Å²) in [4.78, 5) is 43.7. The predicted molar refractivity (Wildman–Crippen MR) is 132 cm³/mol. The molecule has 1 aliphatic rings. The highest BCUT2D eigenvalue weighted by atomic mass is 16.5. The van der Waals surface area contributed by atoms with Crippen molar-refractivity contribution in [1.29, 1.82) is 0 Å². The van der Waals surface area contributed by atoms with Crippen molar-refractivity contribution in [3.63, 3.8) is 0 Å². The fourth-order valence-corrected chi connectivity index (χ4v) is 4.34. The number of carbonyl (C=O) groups excluding carboxylic acids is 2. The van der Waals surface area contributed by atoms with Gasteiger partial charge >= 0.3 is 0 Å². The van der Waals surface area contributed by atoms with Crippen LogP contribution in [0.4, 0.5) is 5.69 Å². The van der Waals surface area contributed by atoms with Crippen LogP contribution in [0.25, 0.3) is 5.57 Å². The number of hydrogen-bond acceptors (Lipinski definition) is 6. The van der Waals surface area contributed by atoms with E-state index in [1.54, 1.807) is 37.2 Å². The summed E-state index contributed by atoms with van der Waals surface area (Å²) >= 11 is 0. The first-order chi connectivity index (χ1) is 16.8. The minimum Gasteiger partial charge on any atom is -0.497 e. The van der Waals surface area contributed by atoms with E-state index in [0.29, 0.717) is 30.2 Å². The number of aryl methyl sites for hydroxylation is 2. The molecule has 9 nitrogen and oxygen atoms in total. The molecule has 2 heterocycles. The van der Waals surface area contributed by atoms with E-state index in [1.807, 2.05) is 37.3 Å². The summed E-state index contributed by atoms with van der Waals surface area (Å²) in [5, 5.41) is 3.00. The number of H-pyrrole nitrogens is 1. The number of methoxy groups -OCH3 is 2. The molecule has 35 heavy (non-hydrogen) atoms. The van der Waals surface area contributed by atoms with E-state index in [9.17, 15) is 14.4 Å². The molecule has 0 saturated carbocycles. The van der Waals surface area contributed by atoms with Crippen molar-refractivity contribution in [2.45, 2.75) is 19.9 Å².